The highest BCUT2D eigenvalue weighted by atomic mass is 16.1. The standard InChI is InChI=1S/C17H17N9O2/c1-2-10(7-24-9-19-21-23-24)25-8-18-14-5-13-15(6-12(14)16(25)27)20-22-26(17(13)28)11-3-4-11/h5-6,8-11H,2-4,7H2,1H3. The normalized spacial score (nSPS) is 15.3. The Morgan fingerprint density at radius 1 is 1.07 bits per heavy atom. The van der Waals surface area contributed by atoms with E-state index in [1.54, 1.807) is 21.4 Å². The van der Waals surface area contributed by atoms with Crippen molar-refractivity contribution in [1.82, 2.24) is 44.8 Å². The first-order valence-electron chi connectivity index (χ1n) is 9.16. The van der Waals surface area contributed by atoms with Gasteiger partial charge in [-0.15, -0.1) is 10.2 Å². The first kappa shape index (κ1) is 16.7. The summed E-state index contributed by atoms with van der Waals surface area (Å²) in [7, 11) is 0. The lowest BCUT2D eigenvalue weighted by molar-refractivity contribution is 0.382. The molecule has 0 N–H and O–H groups in total. The molecule has 1 atom stereocenters. The number of nitrogens with zero attached hydrogens (tertiary/aromatic N) is 9. The topological polar surface area (TPSA) is 126 Å². The van der Waals surface area contributed by atoms with Gasteiger partial charge >= 0.3 is 0 Å². The third kappa shape index (κ3) is 2.66. The van der Waals surface area contributed by atoms with Gasteiger partial charge in [-0.2, -0.15) is 0 Å². The Morgan fingerprint density at radius 2 is 1.86 bits per heavy atom. The van der Waals surface area contributed by atoms with Gasteiger partial charge in [-0.25, -0.2) is 14.3 Å². The number of rotatable bonds is 5. The van der Waals surface area contributed by atoms with E-state index in [-0.39, 0.29) is 23.2 Å². The Kier molecular flexibility index (Phi) is 3.74. The average molecular weight is 379 g/mol. The zero-order valence-electron chi connectivity index (χ0n) is 15.1. The fraction of sp³-hybridized carbons (Fsp3) is 0.412. The molecule has 0 amide bonds. The molecule has 3 aromatic heterocycles. The molecular weight excluding hydrogens is 362 g/mol. The van der Waals surface area contributed by atoms with E-state index in [0.717, 1.165) is 12.8 Å². The number of hydrogen-bond donors (Lipinski definition) is 0. The van der Waals surface area contributed by atoms with Crippen molar-refractivity contribution in [2.45, 2.75) is 44.8 Å². The first-order chi connectivity index (χ1) is 13.7. The molecule has 28 heavy (non-hydrogen) atoms. The largest absolute Gasteiger partial charge is 0.294 e. The van der Waals surface area contributed by atoms with Crippen LogP contribution in [0.1, 0.15) is 38.3 Å². The van der Waals surface area contributed by atoms with Gasteiger partial charge in [0.1, 0.15) is 11.8 Å². The minimum atomic E-state index is -0.194. The molecule has 11 heteroatoms. The zero-order chi connectivity index (χ0) is 19.3. The van der Waals surface area contributed by atoms with E-state index < -0.39 is 0 Å². The van der Waals surface area contributed by atoms with Crippen LogP contribution in [0.4, 0.5) is 0 Å². The molecule has 0 radical (unpaired) electrons. The lowest BCUT2D eigenvalue weighted by atomic mass is 10.1. The Labute approximate surface area is 157 Å². The van der Waals surface area contributed by atoms with E-state index in [1.807, 2.05) is 6.92 Å². The van der Waals surface area contributed by atoms with Gasteiger partial charge < -0.3 is 0 Å². The van der Waals surface area contributed by atoms with Crippen molar-refractivity contribution in [3.63, 3.8) is 0 Å². The lowest BCUT2D eigenvalue weighted by Crippen LogP contribution is -2.28. The molecule has 0 bridgehead atoms. The predicted molar refractivity (Wildman–Crippen MR) is 98.8 cm³/mol. The fourth-order valence-electron chi connectivity index (χ4n) is 3.40. The van der Waals surface area contributed by atoms with Crippen molar-refractivity contribution in [2.75, 3.05) is 0 Å². The fourth-order valence-corrected chi connectivity index (χ4v) is 3.40. The van der Waals surface area contributed by atoms with Gasteiger partial charge in [0, 0.05) is 0 Å². The van der Waals surface area contributed by atoms with Gasteiger partial charge in [0.15, 0.2) is 0 Å². The minimum Gasteiger partial charge on any atom is -0.294 e. The summed E-state index contributed by atoms with van der Waals surface area (Å²) >= 11 is 0. The van der Waals surface area contributed by atoms with Crippen LogP contribution >= 0.6 is 0 Å². The van der Waals surface area contributed by atoms with Gasteiger partial charge in [-0.05, 0) is 41.8 Å². The maximum absolute atomic E-state index is 13.1. The van der Waals surface area contributed by atoms with Crippen LogP contribution in [-0.4, -0.2) is 44.8 Å². The second-order valence-electron chi connectivity index (χ2n) is 7.01. The molecule has 1 aromatic carbocycles. The van der Waals surface area contributed by atoms with Crippen molar-refractivity contribution >= 4 is 21.8 Å². The Morgan fingerprint density at radius 3 is 2.57 bits per heavy atom. The maximum Gasteiger partial charge on any atom is 0.277 e. The maximum atomic E-state index is 13.1. The van der Waals surface area contributed by atoms with Crippen molar-refractivity contribution < 1.29 is 0 Å². The van der Waals surface area contributed by atoms with Crippen LogP contribution in [0.5, 0.6) is 0 Å². The summed E-state index contributed by atoms with van der Waals surface area (Å²) in [6.45, 7) is 2.44. The molecular formula is C17H17N9O2. The lowest BCUT2D eigenvalue weighted by Gasteiger charge is -2.17. The molecule has 4 aromatic rings. The van der Waals surface area contributed by atoms with Crippen LogP contribution in [0.25, 0.3) is 21.8 Å². The van der Waals surface area contributed by atoms with E-state index >= 15 is 0 Å². The third-order valence-corrected chi connectivity index (χ3v) is 5.13. The highest BCUT2D eigenvalue weighted by Crippen LogP contribution is 2.32. The summed E-state index contributed by atoms with van der Waals surface area (Å²) in [6, 6.07) is 3.22. The second kappa shape index (κ2) is 6.29. The molecule has 3 heterocycles. The molecule has 1 saturated carbocycles. The molecule has 1 aliphatic carbocycles. The van der Waals surface area contributed by atoms with E-state index in [4.69, 9.17) is 0 Å². The highest BCUT2D eigenvalue weighted by molar-refractivity contribution is 5.93. The Bertz CT molecular complexity index is 1290. The van der Waals surface area contributed by atoms with Gasteiger partial charge in [0.05, 0.1) is 41.2 Å². The van der Waals surface area contributed by atoms with E-state index in [1.165, 1.54) is 17.3 Å². The minimum absolute atomic E-state index is 0.137. The van der Waals surface area contributed by atoms with Crippen LogP contribution in [0.2, 0.25) is 0 Å². The predicted octanol–water partition coefficient (Wildman–Crippen LogP) is 0.474. The molecule has 11 nitrogen and oxygen atoms in total. The second-order valence-corrected chi connectivity index (χ2v) is 7.01. The van der Waals surface area contributed by atoms with Crippen molar-refractivity contribution in [1.29, 1.82) is 0 Å². The van der Waals surface area contributed by atoms with E-state index in [0.29, 0.717) is 34.8 Å². The van der Waals surface area contributed by atoms with Crippen molar-refractivity contribution in [3.8, 4) is 0 Å². The van der Waals surface area contributed by atoms with Gasteiger partial charge in [-0.1, -0.05) is 12.1 Å². The monoisotopic (exact) mass is 379 g/mol. The number of benzene rings is 1. The Balaban J connectivity index is 1.64. The van der Waals surface area contributed by atoms with Crippen LogP contribution < -0.4 is 11.1 Å². The van der Waals surface area contributed by atoms with E-state index in [2.05, 4.69) is 30.8 Å². The summed E-state index contributed by atoms with van der Waals surface area (Å²) in [5.74, 6) is 0. The van der Waals surface area contributed by atoms with Crippen LogP contribution in [0, 0.1) is 0 Å². The SMILES string of the molecule is CCC(Cn1cnnn1)n1cnc2cc3c(=O)n(C4CC4)nnc3cc2c1=O. The molecule has 142 valence electrons. The number of hydrogen-bond acceptors (Lipinski definition) is 8. The summed E-state index contributed by atoms with van der Waals surface area (Å²) in [5.41, 5.74) is 0.489. The summed E-state index contributed by atoms with van der Waals surface area (Å²) in [6.07, 6.45) is 5.61. The molecule has 0 aliphatic heterocycles. The van der Waals surface area contributed by atoms with Gasteiger partial charge in [0.2, 0.25) is 0 Å². The summed E-state index contributed by atoms with van der Waals surface area (Å²) < 4.78 is 4.58. The number of aromatic nitrogens is 9. The third-order valence-electron chi connectivity index (χ3n) is 5.13. The molecule has 1 fully saturated rings. The average Bonchev–Trinajstić information content (AvgIpc) is 3.42. The van der Waals surface area contributed by atoms with Crippen molar-refractivity contribution in [3.05, 3.63) is 45.5 Å². The van der Waals surface area contributed by atoms with Crippen molar-refractivity contribution in [2.24, 2.45) is 0 Å². The quantitative estimate of drug-likeness (QED) is 0.458. The van der Waals surface area contributed by atoms with Crippen LogP contribution in [-0.2, 0) is 6.54 Å². The molecule has 1 aliphatic rings. The number of tetrazole rings is 1. The summed E-state index contributed by atoms with van der Waals surface area (Å²) in [4.78, 5) is 30.2. The molecule has 5 rings (SSSR count). The molecule has 0 saturated heterocycles. The summed E-state index contributed by atoms with van der Waals surface area (Å²) in [5, 5.41) is 20.1. The molecule has 0 spiro atoms. The van der Waals surface area contributed by atoms with E-state index in [9.17, 15) is 9.59 Å². The van der Waals surface area contributed by atoms with Crippen LogP contribution in [0.15, 0.2) is 34.4 Å². The molecule has 1 unspecified atom stereocenters. The highest BCUT2D eigenvalue weighted by Gasteiger charge is 2.27. The van der Waals surface area contributed by atoms with Crippen LogP contribution in [0.3, 0.4) is 0 Å². The number of fused-ring (bicyclic) bond motifs is 2. The zero-order valence-corrected chi connectivity index (χ0v) is 15.1. The van der Waals surface area contributed by atoms with Gasteiger partial charge in [0.25, 0.3) is 11.1 Å². The Hall–Kier alpha value is -3.50. The van der Waals surface area contributed by atoms with Gasteiger partial charge in [-0.3, -0.25) is 14.2 Å². The smallest absolute Gasteiger partial charge is 0.277 e. The first-order valence-corrected chi connectivity index (χ1v) is 9.16.